The predicted octanol–water partition coefficient (Wildman–Crippen LogP) is 2.98. The van der Waals surface area contributed by atoms with Gasteiger partial charge in [0.15, 0.2) is 0 Å². The molecule has 0 fully saturated rings. The maximum Gasteiger partial charge on any atom is 0.326 e. The Morgan fingerprint density at radius 3 is 2.43 bits per heavy atom. The molecular formula is C17H25NO3S2. The Kier molecular flexibility index (Phi) is 9.87. The molecule has 2 N–H and O–H groups in total. The summed E-state index contributed by atoms with van der Waals surface area (Å²) in [5.41, 5.74) is 0.893. The molecule has 0 bridgehead atoms. The van der Waals surface area contributed by atoms with Crippen LogP contribution in [0.4, 0.5) is 0 Å². The number of hydrogen-bond donors (Lipinski definition) is 4. The minimum Gasteiger partial charge on any atom is -0.480 e. The van der Waals surface area contributed by atoms with Gasteiger partial charge >= 0.3 is 5.97 Å². The third kappa shape index (κ3) is 8.91. The molecule has 0 aromatic heterocycles. The van der Waals surface area contributed by atoms with E-state index in [4.69, 9.17) is 0 Å². The molecule has 2 atom stereocenters. The van der Waals surface area contributed by atoms with Gasteiger partial charge in [-0.15, -0.1) is 0 Å². The van der Waals surface area contributed by atoms with E-state index in [-0.39, 0.29) is 5.91 Å². The molecule has 0 radical (unpaired) electrons. The summed E-state index contributed by atoms with van der Waals surface area (Å²) in [7, 11) is 0. The van der Waals surface area contributed by atoms with Crippen molar-refractivity contribution in [3.05, 3.63) is 35.9 Å². The van der Waals surface area contributed by atoms with Gasteiger partial charge in [0.05, 0.1) is 0 Å². The van der Waals surface area contributed by atoms with Gasteiger partial charge in [0.2, 0.25) is 5.91 Å². The molecule has 1 amide bonds. The van der Waals surface area contributed by atoms with Gasteiger partial charge in [0, 0.05) is 18.1 Å². The fourth-order valence-corrected chi connectivity index (χ4v) is 3.10. The van der Waals surface area contributed by atoms with E-state index < -0.39 is 12.0 Å². The third-order valence-corrected chi connectivity index (χ3v) is 4.34. The van der Waals surface area contributed by atoms with Crippen LogP contribution in [0.2, 0.25) is 0 Å². The molecular weight excluding hydrogens is 330 g/mol. The molecule has 6 heteroatoms. The van der Waals surface area contributed by atoms with Gasteiger partial charge in [-0.1, -0.05) is 36.8 Å². The van der Waals surface area contributed by atoms with Gasteiger partial charge in [-0.05, 0) is 30.6 Å². The molecule has 2 unspecified atom stereocenters. The first-order chi connectivity index (χ1) is 11.0. The second-order valence-electron chi connectivity index (χ2n) is 5.56. The van der Waals surface area contributed by atoms with E-state index in [0.29, 0.717) is 18.1 Å². The molecule has 128 valence electrons. The summed E-state index contributed by atoms with van der Waals surface area (Å²) in [4.78, 5) is 23.2. The molecule has 0 spiro atoms. The lowest BCUT2D eigenvalue weighted by molar-refractivity contribution is -0.141. The Labute approximate surface area is 148 Å². The number of amides is 1. The standard InChI is InChI=1S/C17H25NO3S2/c19-16(9-5-4-8-14(23)10-11-22)18-15(17(20)21)12-13-6-2-1-3-7-13/h1-3,6-7,14-15,22-23H,4-5,8-12H2,(H,18,19)(H,20,21). The first kappa shape index (κ1) is 19.9. The van der Waals surface area contributed by atoms with Crippen molar-refractivity contribution in [3.63, 3.8) is 0 Å². The van der Waals surface area contributed by atoms with Gasteiger partial charge in [0.25, 0.3) is 0 Å². The van der Waals surface area contributed by atoms with Gasteiger partial charge < -0.3 is 10.4 Å². The van der Waals surface area contributed by atoms with E-state index in [2.05, 4.69) is 30.6 Å². The number of carbonyl (C=O) groups is 2. The van der Waals surface area contributed by atoms with E-state index in [1.165, 1.54) is 0 Å². The minimum absolute atomic E-state index is 0.210. The van der Waals surface area contributed by atoms with Crippen molar-refractivity contribution < 1.29 is 14.7 Å². The molecule has 0 aliphatic carbocycles. The summed E-state index contributed by atoms with van der Waals surface area (Å²) in [5.74, 6) is -0.404. The van der Waals surface area contributed by atoms with E-state index in [0.717, 1.165) is 37.0 Å². The predicted molar refractivity (Wildman–Crippen MR) is 99.4 cm³/mol. The topological polar surface area (TPSA) is 66.4 Å². The first-order valence-corrected chi connectivity index (χ1v) is 9.03. The maximum atomic E-state index is 11.9. The lowest BCUT2D eigenvalue weighted by Gasteiger charge is -2.15. The van der Waals surface area contributed by atoms with Crippen molar-refractivity contribution in [1.29, 1.82) is 0 Å². The number of unbranched alkanes of at least 4 members (excludes halogenated alkanes) is 1. The Bertz CT molecular complexity index is 482. The van der Waals surface area contributed by atoms with Gasteiger partial charge in [-0.3, -0.25) is 4.79 Å². The zero-order valence-electron chi connectivity index (χ0n) is 13.1. The molecule has 0 heterocycles. The number of aliphatic carboxylic acids is 1. The maximum absolute atomic E-state index is 11.9. The minimum atomic E-state index is -1.01. The highest BCUT2D eigenvalue weighted by molar-refractivity contribution is 7.81. The van der Waals surface area contributed by atoms with E-state index in [1.54, 1.807) is 0 Å². The average Bonchev–Trinajstić information content (AvgIpc) is 2.52. The van der Waals surface area contributed by atoms with Crippen LogP contribution in [0, 0.1) is 0 Å². The second kappa shape index (κ2) is 11.4. The van der Waals surface area contributed by atoms with Crippen molar-refractivity contribution in [2.24, 2.45) is 0 Å². The molecule has 0 aliphatic rings. The number of carboxylic acid groups (broad SMARTS) is 1. The van der Waals surface area contributed by atoms with Crippen molar-refractivity contribution in [1.82, 2.24) is 5.32 Å². The number of benzene rings is 1. The van der Waals surface area contributed by atoms with Crippen LogP contribution in [0.3, 0.4) is 0 Å². The lowest BCUT2D eigenvalue weighted by Crippen LogP contribution is -2.42. The smallest absolute Gasteiger partial charge is 0.326 e. The van der Waals surface area contributed by atoms with Crippen molar-refractivity contribution >= 4 is 37.1 Å². The van der Waals surface area contributed by atoms with E-state index in [1.807, 2.05) is 30.3 Å². The number of nitrogens with one attached hydrogen (secondary N) is 1. The number of rotatable bonds is 11. The molecule has 0 saturated heterocycles. The van der Waals surface area contributed by atoms with Crippen molar-refractivity contribution in [3.8, 4) is 0 Å². The number of thiol groups is 2. The van der Waals surface area contributed by atoms with Crippen LogP contribution in [0.1, 0.15) is 37.7 Å². The highest BCUT2D eigenvalue weighted by Crippen LogP contribution is 2.13. The van der Waals surface area contributed by atoms with Crippen LogP contribution in [0.25, 0.3) is 0 Å². The molecule has 23 heavy (non-hydrogen) atoms. The van der Waals surface area contributed by atoms with Gasteiger partial charge in [-0.2, -0.15) is 25.3 Å². The Hall–Kier alpha value is -1.14. The van der Waals surface area contributed by atoms with E-state index >= 15 is 0 Å². The molecule has 1 rings (SSSR count). The van der Waals surface area contributed by atoms with Crippen LogP contribution in [-0.4, -0.2) is 34.0 Å². The Morgan fingerprint density at radius 2 is 1.83 bits per heavy atom. The van der Waals surface area contributed by atoms with Gasteiger partial charge in [-0.25, -0.2) is 4.79 Å². The van der Waals surface area contributed by atoms with Crippen LogP contribution in [0.15, 0.2) is 30.3 Å². The van der Waals surface area contributed by atoms with Crippen LogP contribution in [-0.2, 0) is 16.0 Å². The summed E-state index contributed by atoms with van der Waals surface area (Å²) in [6.07, 6.45) is 4.20. The molecule has 0 saturated carbocycles. The SMILES string of the molecule is O=C(CCCCC(S)CCS)NC(Cc1ccccc1)C(=O)O. The van der Waals surface area contributed by atoms with E-state index in [9.17, 15) is 14.7 Å². The van der Waals surface area contributed by atoms with Crippen molar-refractivity contribution in [2.45, 2.75) is 49.8 Å². The van der Waals surface area contributed by atoms with Crippen LogP contribution >= 0.6 is 25.3 Å². The lowest BCUT2D eigenvalue weighted by atomic mass is 10.1. The van der Waals surface area contributed by atoms with Crippen molar-refractivity contribution in [2.75, 3.05) is 5.75 Å². The zero-order chi connectivity index (χ0) is 17.1. The van der Waals surface area contributed by atoms with Crippen LogP contribution in [0.5, 0.6) is 0 Å². The quantitative estimate of drug-likeness (QED) is 0.364. The highest BCUT2D eigenvalue weighted by Gasteiger charge is 2.20. The summed E-state index contributed by atoms with van der Waals surface area (Å²) < 4.78 is 0. The fourth-order valence-electron chi connectivity index (χ4n) is 2.28. The Morgan fingerprint density at radius 1 is 1.13 bits per heavy atom. The summed E-state index contributed by atoms with van der Waals surface area (Å²) in [5, 5.41) is 12.2. The zero-order valence-corrected chi connectivity index (χ0v) is 14.9. The monoisotopic (exact) mass is 355 g/mol. The van der Waals surface area contributed by atoms with Gasteiger partial charge in [0.1, 0.15) is 6.04 Å². The normalized spacial score (nSPS) is 13.3. The summed E-state index contributed by atoms with van der Waals surface area (Å²) in [6, 6.07) is 8.42. The number of hydrogen-bond acceptors (Lipinski definition) is 4. The fraction of sp³-hybridized carbons (Fsp3) is 0.529. The summed E-state index contributed by atoms with van der Waals surface area (Å²) >= 11 is 8.61. The number of carbonyl (C=O) groups excluding carboxylic acids is 1. The summed E-state index contributed by atoms with van der Waals surface area (Å²) in [6.45, 7) is 0. The second-order valence-corrected chi connectivity index (χ2v) is 6.74. The molecule has 4 nitrogen and oxygen atoms in total. The molecule has 1 aromatic carbocycles. The molecule has 0 aliphatic heterocycles. The van der Waals surface area contributed by atoms with Crippen LogP contribution < -0.4 is 5.32 Å². The number of carboxylic acids is 1. The third-order valence-electron chi connectivity index (χ3n) is 3.57. The first-order valence-electron chi connectivity index (χ1n) is 7.88. The largest absolute Gasteiger partial charge is 0.480 e. The highest BCUT2D eigenvalue weighted by atomic mass is 32.1. The average molecular weight is 356 g/mol. The Balaban J connectivity index is 2.33. The molecule has 1 aromatic rings.